The fourth-order valence-electron chi connectivity index (χ4n) is 4.08. The summed E-state index contributed by atoms with van der Waals surface area (Å²) in [6.45, 7) is 18.3. The minimum absolute atomic E-state index is 0.0534. The van der Waals surface area contributed by atoms with Crippen LogP contribution in [0.25, 0.3) is 16.6 Å². The topological polar surface area (TPSA) is 8.81 Å². The lowest BCUT2D eigenvalue weighted by atomic mass is 9.92. The first-order valence-electron chi connectivity index (χ1n) is 7.82. The standard InChI is InChI=1S/C19H27N2/c1-10-11(2)13(4)17-16(12(10)3)20(9)18-14(5)15(6)19(7,8)21(17)18/h1-9H3/q+1. The van der Waals surface area contributed by atoms with Gasteiger partial charge in [0.2, 0.25) is 0 Å². The maximum atomic E-state index is 2.56. The van der Waals surface area contributed by atoms with E-state index in [0.29, 0.717) is 0 Å². The third-order valence-electron chi connectivity index (χ3n) is 6.09. The van der Waals surface area contributed by atoms with E-state index < -0.39 is 0 Å². The molecule has 2 aromatic rings. The van der Waals surface area contributed by atoms with Gasteiger partial charge in [0.15, 0.2) is 11.0 Å². The summed E-state index contributed by atoms with van der Waals surface area (Å²) in [5.74, 6) is 1.36. The maximum Gasteiger partial charge on any atom is 0.286 e. The number of nitrogens with zero attached hydrogens (tertiary/aromatic N) is 2. The van der Waals surface area contributed by atoms with Crippen LogP contribution in [0.3, 0.4) is 0 Å². The van der Waals surface area contributed by atoms with E-state index in [9.17, 15) is 0 Å². The van der Waals surface area contributed by atoms with Gasteiger partial charge in [-0.3, -0.25) is 0 Å². The van der Waals surface area contributed by atoms with Crippen molar-refractivity contribution in [1.29, 1.82) is 0 Å². The summed E-state index contributed by atoms with van der Waals surface area (Å²) >= 11 is 0. The molecule has 0 saturated heterocycles. The van der Waals surface area contributed by atoms with Crippen molar-refractivity contribution in [1.82, 2.24) is 4.57 Å². The zero-order valence-electron chi connectivity index (χ0n) is 14.9. The molecule has 1 aliphatic rings. The Morgan fingerprint density at radius 3 is 1.90 bits per heavy atom. The van der Waals surface area contributed by atoms with Gasteiger partial charge in [0.25, 0.3) is 5.82 Å². The minimum atomic E-state index is 0.0534. The molecule has 1 aliphatic heterocycles. The van der Waals surface area contributed by atoms with Crippen molar-refractivity contribution in [2.24, 2.45) is 7.05 Å². The van der Waals surface area contributed by atoms with E-state index in [4.69, 9.17) is 0 Å². The van der Waals surface area contributed by atoms with E-state index >= 15 is 0 Å². The fraction of sp³-hybridized carbons (Fsp3) is 0.526. The van der Waals surface area contributed by atoms with Gasteiger partial charge in [0, 0.05) is 16.7 Å². The summed E-state index contributed by atoms with van der Waals surface area (Å²) in [5, 5.41) is 0. The number of aryl methyl sites for hydroxylation is 3. The Hall–Kier alpha value is -1.57. The number of imidazole rings is 1. The van der Waals surface area contributed by atoms with Crippen LogP contribution in [0.4, 0.5) is 0 Å². The van der Waals surface area contributed by atoms with Crippen molar-refractivity contribution < 1.29 is 4.57 Å². The number of fused-ring (bicyclic) bond motifs is 3. The maximum absolute atomic E-state index is 2.56. The van der Waals surface area contributed by atoms with Crippen molar-refractivity contribution in [3.05, 3.63) is 33.7 Å². The van der Waals surface area contributed by atoms with Gasteiger partial charge in [-0.1, -0.05) is 0 Å². The third-order valence-corrected chi connectivity index (χ3v) is 6.09. The van der Waals surface area contributed by atoms with Gasteiger partial charge in [-0.25, -0.2) is 9.13 Å². The highest BCUT2D eigenvalue weighted by Crippen LogP contribution is 2.43. The van der Waals surface area contributed by atoms with Crippen molar-refractivity contribution in [3.63, 3.8) is 0 Å². The molecule has 2 heteroatoms. The van der Waals surface area contributed by atoms with Gasteiger partial charge in [-0.05, 0) is 72.1 Å². The zero-order chi connectivity index (χ0) is 15.9. The third kappa shape index (κ3) is 1.46. The van der Waals surface area contributed by atoms with Crippen LogP contribution in [0.5, 0.6) is 0 Å². The van der Waals surface area contributed by atoms with Gasteiger partial charge in [0.05, 0.1) is 7.05 Å². The van der Waals surface area contributed by atoms with Crippen molar-refractivity contribution in [3.8, 4) is 0 Å². The monoisotopic (exact) mass is 283 g/mol. The van der Waals surface area contributed by atoms with Crippen molar-refractivity contribution >= 4 is 16.6 Å². The summed E-state index contributed by atoms with van der Waals surface area (Å²) in [7, 11) is 2.22. The molecular formula is C19H27N2+. The molecule has 0 N–H and O–H groups in total. The zero-order valence-corrected chi connectivity index (χ0v) is 14.9. The second kappa shape index (κ2) is 4.00. The molecule has 2 heterocycles. The molecule has 0 bridgehead atoms. The van der Waals surface area contributed by atoms with Crippen LogP contribution in [-0.4, -0.2) is 4.57 Å². The number of rotatable bonds is 0. The summed E-state index contributed by atoms with van der Waals surface area (Å²) in [4.78, 5) is 0. The Balaban J connectivity index is 2.65. The van der Waals surface area contributed by atoms with Gasteiger partial charge >= 0.3 is 0 Å². The summed E-state index contributed by atoms with van der Waals surface area (Å²) < 4.78 is 4.96. The van der Waals surface area contributed by atoms with Crippen LogP contribution < -0.4 is 4.57 Å². The molecule has 0 unspecified atom stereocenters. The molecule has 3 rings (SSSR count). The molecule has 0 spiro atoms. The highest BCUT2D eigenvalue weighted by Gasteiger charge is 2.45. The Kier molecular flexibility index (Phi) is 2.73. The Labute approximate surface area is 128 Å². The smallest absolute Gasteiger partial charge is 0.226 e. The summed E-state index contributed by atoms with van der Waals surface area (Å²) in [5.41, 5.74) is 11.5. The highest BCUT2D eigenvalue weighted by atomic mass is 15.2. The molecule has 0 saturated carbocycles. The first-order valence-corrected chi connectivity index (χ1v) is 7.82. The van der Waals surface area contributed by atoms with Crippen molar-refractivity contribution in [2.45, 2.75) is 60.9 Å². The summed E-state index contributed by atoms with van der Waals surface area (Å²) in [6, 6.07) is 0. The van der Waals surface area contributed by atoms with Gasteiger partial charge < -0.3 is 0 Å². The molecular weight excluding hydrogens is 256 g/mol. The molecule has 0 fully saturated rings. The van der Waals surface area contributed by atoms with Crippen LogP contribution in [0.1, 0.15) is 55.8 Å². The molecule has 112 valence electrons. The van der Waals surface area contributed by atoms with E-state index in [1.54, 1.807) is 0 Å². The second-order valence-corrected chi connectivity index (χ2v) is 7.22. The molecule has 0 radical (unpaired) electrons. The molecule has 2 nitrogen and oxygen atoms in total. The van der Waals surface area contributed by atoms with E-state index in [1.807, 2.05) is 0 Å². The van der Waals surface area contributed by atoms with Crippen LogP contribution in [0, 0.1) is 27.7 Å². The lowest BCUT2D eigenvalue weighted by Gasteiger charge is -2.20. The van der Waals surface area contributed by atoms with E-state index in [-0.39, 0.29) is 5.54 Å². The molecule has 0 aliphatic carbocycles. The second-order valence-electron chi connectivity index (χ2n) is 7.22. The first-order chi connectivity index (χ1) is 9.62. The largest absolute Gasteiger partial charge is 0.286 e. The summed E-state index contributed by atoms with van der Waals surface area (Å²) in [6.07, 6.45) is 0. The van der Waals surface area contributed by atoms with Gasteiger partial charge in [-0.15, -0.1) is 0 Å². The average molecular weight is 283 g/mol. The van der Waals surface area contributed by atoms with Gasteiger partial charge in [-0.2, -0.15) is 0 Å². The van der Waals surface area contributed by atoms with Crippen LogP contribution in [0.15, 0.2) is 5.57 Å². The molecule has 0 amide bonds. The van der Waals surface area contributed by atoms with E-state index in [0.717, 1.165) is 0 Å². The predicted octanol–water partition coefficient (Wildman–Crippen LogP) is 4.24. The molecule has 0 atom stereocenters. The van der Waals surface area contributed by atoms with Gasteiger partial charge in [0.1, 0.15) is 5.54 Å². The normalized spacial score (nSPS) is 17.0. The first kappa shape index (κ1) is 14.4. The average Bonchev–Trinajstić information content (AvgIpc) is 2.83. The van der Waals surface area contributed by atoms with Crippen LogP contribution >= 0.6 is 0 Å². The number of benzene rings is 1. The Morgan fingerprint density at radius 2 is 1.33 bits per heavy atom. The number of aromatic nitrogens is 2. The Morgan fingerprint density at radius 1 is 0.810 bits per heavy atom. The lowest BCUT2D eigenvalue weighted by molar-refractivity contribution is -0.648. The molecule has 1 aromatic carbocycles. The predicted molar refractivity (Wildman–Crippen MR) is 89.7 cm³/mol. The fourth-order valence-corrected chi connectivity index (χ4v) is 4.08. The molecule has 1 aromatic heterocycles. The van der Waals surface area contributed by atoms with Crippen LogP contribution in [-0.2, 0) is 12.6 Å². The number of hydrogen-bond acceptors (Lipinski definition) is 0. The Bertz CT molecular complexity index is 830. The molecule has 21 heavy (non-hydrogen) atoms. The van der Waals surface area contributed by atoms with Crippen LogP contribution in [0.2, 0.25) is 0 Å². The SMILES string of the molecule is CC1=C(C)C(C)(C)n2c1[n+](C)c1c(C)c(C)c(C)c(C)c12. The number of allylic oxidation sites excluding steroid dienone is 2. The van der Waals surface area contributed by atoms with Crippen molar-refractivity contribution in [2.75, 3.05) is 0 Å². The highest BCUT2D eigenvalue weighted by molar-refractivity contribution is 5.86. The van der Waals surface area contributed by atoms with E-state index in [2.05, 4.69) is 71.6 Å². The number of hydrogen-bond donors (Lipinski definition) is 0. The minimum Gasteiger partial charge on any atom is -0.226 e. The lowest BCUT2D eigenvalue weighted by Crippen LogP contribution is -2.33. The quantitative estimate of drug-likeness (QED) is 0.639. The van der Waals surface area contributed by atoms with E-state index in [1.165, 1.54) is 50.3 Å².